The van der Waals surface area contributed by atoms with Crippen molar-refractivity contribution in [1.82, 2.24) is 10.3 Å². The molecule has 0 radical (unpaired) electrons. The monoisotopic (exact) mass is 143 g/mol. The average Bonchev–Trinajstić information content (AvgIpc) is 2.38. The molecule has 4 heteroatoms. The summed E-state index contributed by atoms with van der Waals surface area (Å²) >= 11 is 0. The van der Waals surface area contributed by atoms with Crippen LogP contribution in [0.4, 0.5) is 0 Å². The lowest BCUT2D eigenvalue weighted by molar-refractivity contribution is -0.129. The number of amides is 1. The van der Waals surface area contributed by atoms with Crippen molar-refractivity contribution in [3.63, 3.8) is 0 Å². The van der Waals surface area contributed by atoms with E-state index < -0.39 is 0 Å². The molecule has 58 valence electrons. The van der Waals surface area contributed by atoms with Crippen LogP contribution in [0.2, 0.25) is 0 Å². The molecule has 0 aromatic heterocycles. The van der Waals surface area contributed by atoms with E-state index in [-0.39, 0.29) is 12.5 Å². The molecule has 1 rings (SSSR count). The summed E-state index contributed by atoms with van der Waals surface area (Å²) in [6, 6.07) is 0. The maximum absolute atomic E-state index is 11.0. The Morgan fingerprint density at radius 1 is 1.50 bits per heavy atom. The highest BCUT2D eigenvalue weighted by Crippen LogP contribution is 2.06. The van der Waals surface area contributed by atoms with E-state index in [4.69, 9.17) is 5.84 Å². The number of nitrogens with two attached hydrogens (primary N) is 1. The number of carbonyl (C=O) groups is 1. The lowest BCUT2D eigenvalue weighted by atomic mass is 10.4. The van der Waals surface area contributed by atoms with E-state index in [1.54, 1.807) is 0 Å². The normalized spacial score (nSPS) is 17.9. The van der Waals surface area contributed by atoms with Crippen molar-refractivity contribution in [2.75, 3.05) is 19.6 Å². The number of rotatable bonds is 2. The van der Waals surface area contributed by atoms with E-state index in [2.05, 4.69) is 5.43 Å². The second-order valence-corrected chi connectivity index (χ2v) is 2.47. The molecule has 0 aromatic carbocycles. The number of hydrogen-bond acceptors (Lipinski definition) is 3. The van der Waals surface area contributed by atoms with E-state index in [9.17, 15) is 4.79 Å². The van der Waals surface area contributed by atoms with Crippen LogP contribution in [-0.4, -0.2) is 30.4 Å². The SMILES string of the molecule is NNCC(=O)N1CCCC1. The van der Waals surface area contributed by atoms with Crippen molar-refractivity contribution in [2.24, 2.45) is 5.84 Å². The Morgan fingerprint density at radius 2 is 2.10 bits per heavy atom. The molecule has 1 fully saturated rings. The standard InChI is InChI=1S/C6H13N3O/c7-8-5-6(10)9-3-1-2-4-9/h8H,1-5,7H2. The largest absolute Gasteiger partial charge is 0.342 e. The summed E-state index contributed by atoms with van der Waals surface area (Å²) in [5, 5.41) is 0. The van der Waals surface area contributed by atoms with Crippen LogP contribution in [-0.2, 0) is 4.79 Å². The van der Waals surface area contributed by atoms with Gasteiger partial charge in [0.1, 0.15) is 0 Å². The van der Waals surface area contributed by atoms with Crippen LogP contribution in [0.3, 0.4) is 0 Å². The molecular weight excluding hydrogens is 130 g/mol. The first-order valence-electron chi connectivity index (χ1n) is 3.56. The molecular formula is C6H13N3O. The molecule has 0 spiro atoms. The van der Waals surface area contributed by atoms with Crippen molar-refractivity contribution in [3.05, 3.63) is 0 Å². The van der Waals surface area contributed by atoms with Crippen molar-refractivity contribution < 1.29 is 4.79 Å². The topological polar surface area (TPSA) is 58.4 Å². The van der Waals surface area contributed by atoms with Crippen LogP contribution in [0.15, 0.2) is 0 Å². The van der Waals surface area contributed by atoms with E-state index in [1.165, 1.54) is 0 Å². The zero-order valence-corrected chi connectivity index (χ0v) is 5.97. The summed E-state index contributed by atoms with van der Waals surface area (Å²) in [6.07, 6.45) is 2.27. The Hall–Kier alpha value is -0.610. The van der Waals surface area contributed by atoms with Gasteiger partial charge in [0, 0.05) is 13.1 Å². The number of likely N-dealkylation sites (tertiary alicyclic amines) is 1. The van der Waals surface area contributed by atoms with Gasteiger partial charge in [0.2, 0.25) is 5.91 Å². The van der Waals surface area contributed by atoms with Gasteiger partial charge in [-0.2, -0.15) is 0 Å². The smallest absolute Gasteiger partial charge is 0.237 e. The molecule has 4 nitrogen and oxygen atoms in total. The predicted octanol–water partition coefficient (Wildman–Crippen LogP) is -0.928. The van der Waals surface area contributed by atoms with Crippen LogP contribution in [0.5, 0.6) is 0 Å². The summed E-state index contributed by atoms with van der Waals surface area (Å²) in [5.74, 6) is 5.11. The third-order valence-corrected chi connectivity index (χ3v) is 1.71. The van der Waals surface area contributed by atoms with Crippen LogP contribution >= 0.6 is 0 Å². The Balaban J connectivity index is 2.25. The highest BCUT2D eigenvalue weighted by atomic mass is 16.2. The molecule has 1 aliphatic heterocycles. The van der Waals surface area contributed by atoms with Gasteiger partial charge in [-0.3, -0.25) is 16.1 Å². The van der Waals surface area contributed by atoms with Gasteiger partial charge in [-0.1, -0.05) is 0 Å². The lowest BCUT2D eigenvalue weighted by Gasteiger charge is -2.13. The van der Waals surface area contributed by atoms with Gasteiger partial charge >= 0.3 is 0 Å². The van der Waals surface area contributed by atoms with Crippen LogP contribution < -0.4 is 11.3 Å². The third-order valence-electron chi connectivity index (χ3n) is 1.71. The third kappa shape index (κ3) is 1.68. The first kappa shape index (κ1) is 7.50. The van der Waals surface area contributed by atoms with Crippen molar-refractivity contribution in [2.45, 2.75) is 12.8 Å². The van der Waals surface area contributed by atoms with Gasteiger partial charge in [-0.25, -0.2) is 0 Å². The summed E-state index contributed by atoms with van der Waals surface area (Å²) in [7, 11) is 0. The van der Waals surface area contributed by atoms with E-state index in [0.717, 1.165) is 25.9 Å². The van der Waals surface area contributed by atoms with Gasteiger partial charge in [0.25, 0.3) is 0 Å². The second kappa shape index (κ2) is 3.53. The Bertz CT molecular complexity index is 120. The summed E-state index contributed by atoms with van der Waals surface area (Å²) in [5.41, 5.74) is 2.35. The lowest BCUT2D eigenvalue weighted by Crippen LogP contribution is -2.38. The Labute approximate surface area is 60.3 Å². The summed E-state index contributed by atoms with van der Waals surface area (Å²) in [6.45, 7) is 2.07. The van der Waals surface area contributed by atoms with Gasteiger partial charge in [-0.15, -0.1) is 0 Å². The highest BCUT2D eigenvalue weighted by Gasteiger charge is 2.16. The molecule has 10 heavy (non-hydrogen) atoms. The fourth-order valence-electron chi connectivity index (χ4n) is 1.17. The molecule has 1 amide bonds. The number of nitrogens with zero attached hydrogens (tertiary/aromatic N) is 1. The van der Waals surface area contributed by atoms with Gasteiger partial charge < -0.3 is 4.90 Å². The predicted molar refractivity (Wildman–Crippen MR) is 38.0 cm³/mol. The first-order valence-corrected chi connectivity index (χ1v) is 3.56. The summed E-state index contributed by atoms with van der Waals surface area (Å²) in [4.78, 5) is 12.9. The number of hydrogen-bond donors (Lipinski definition) is 2. The number of carbonyl (C=O) groups excluding carboxylic acids is 1. The van der Waals surface area contributed by atoms with Gasteiger partial charge in [-0.05, 0) is 12.8 Å². The van der Waals surface area contributed by atoms with Crippen LogP contribution in [0, 0.1) is 0 Å². The average molecular weight is 143 g/mol. The first-order chi connectivity index (χ1) is 4.84. The molecule has 1 heterocycles. The van der Waals surface area contributed by atoms with Crippen LogP contribution in [0.1, 0.15) is 12.8 Å². The number of nitrogens with one attached hydrogen (secondary N) is 1. The molecule has 0 aliphatic carbocycles. The molecule has 0 aromatic rings. The maximum atomic E-state index is 11.0. The van der Waals surface area contributed by atoms with E-state index in [1.807, 2.05) is 4.90 Å². The van der Waals surface area contributed by atoms with Crippen molar-refractivity contribution in [3.8, 4) is 0 Å². The van der Waals surface area contributed by atoms with Crippen molar-refractivity contribution >= 4 is 5.91 Å². The quantitative estimate of drug-likeness (QED) is 0.388. The molecule has 0 saturated carbocycles. The molecule has 0 bridgehead atoms. The van der Waals surface area contributed by atoms with Crippen LogP contribution in [0.25, 0.3) is 0 Å². The minimum absolute atomic E-state index is 0.111. The number of hydrazine groups is 1. The minimum Gasteiger partial charge on any atom is -0.342 e. The Morgan fingerprint density at radius 3 is 2.60 bits per heavy atom. The fraction of sp³-hybridized carbons (Fsp3) is 0.833. The van der Waals surface area contributed by atoms with E-state index >= 15 is 0 Å². The van der Waals surface area contributed by atoms with Crippen molar-refractivity contribution in [1.29, 1.82) is 0 Å². The fourth-order valence-corrected chi connectivity index (χ4v) is 1.17. The van der Waals surface area contributed by atoms with Gasteiger partial charge in [0.05, 0.1) is 6.54 Å². The zero-order valence-electron chi connectivity index (χ0n) is 5.97. The molecule has 1 aliphatic rings. The maximum Gasteiger partial charge on any atom is 0.237 e. The molecule has 0 unspecified atom stereocenters. The highest BCUT2D eigenvalue weighted by molar-refractivity contribution is 5.78. The minimum atomic E-state index is 0.111. The zero-order chi connectivity index (χ0) is 7.40. The second-order valence-electron chi connectivity index (χ2n) is 2.47. The van der Waals surface area contributed by atoms with E-state index in [0.29, 0.717) is 0 Å². The molecule has 1 saturated heterocycles. The molecule has 3 N–H and O–H groups in total. The van der Waals surface area contributed by atoms with Gasteiger partial charge in [0.15, 0.2) is 0 Å². The Kier molecular flexibility index (Phi) is 2.65. The molecule has 0 atom stereocenters. The summed E-state index contributed by atoms with van der Waals surface area (Å²) < 4.78 is 0.